The molecule has 2 aromatic rings. The quantitative estimate of drug-likeness (QED) is 0.0967. The fraction of sp³-hybridized carbons (Fsp3) is 0.755. The zero-order valence-electron chi connectivity index (χ0n) is 41.7. The van der Waals surface area contributed by atoms with Crippen LogP contribution in [0, 0.1) is 16.2 Å². The van der Waals surface area contributed by atoms with E-state index < -0.39 is 69.7 Å². The maximum Gasteiger partial charge on any atom is 0.334 e. The average molecular weight is 883 g/mol. The highest BCUT2D eigenvalue weighted by molar-refractivity contribution is 7.53. The van der Waals surface area contributed by atoms with Gasteiger partial charge in [-0.05, 0) is 101 Å². The first-order valence-corrected chi connectivity index (χ1v) is 23.7. The molecule has 0 atom stereocenters. The molecule has 0 unspecified atom stereocenters. The van der Waals surface area contributed by atoms with Crippen molar-refractivity contribution in [3.8, 4) is 0 Å². The van der Waals surface area contributed by atoms with E-state index in [1.165, 1.54) is 11.1 Å². The van der Waals surface area contributed by atoms with E-state index in [9.17, 15) is 20.4 Å². The second-order valence-electron chi connectivity index (χ2n) is 25.2. The third-order valence-corrected chi connectivity index (χ3v) is 12.7. The Morgan fingerprint density at radius 3 is 0.767 bits per heavy atom. The van der Waals surface area contributed by atoms with Gasteiger partial charge in [0.05, 0.1) is 25.2 Å². The van der Waals surface area contributed by atoms with Crippen molar-refractivity contribution in [1.82, 2.24) is 0 Å². The van der Waals surface area contributed by atoms with Crippen LogP contribution in [-0.2, 0) is 42.4 Å². The second kappa shape index (κ2) is 19.2. The summed E-state index contributed by atoms with van der Waals surface area (Å²) in [6.07, 6.45) is 1.91. The molecule has 0 aliphatic rings. The van der Waals surface area contributed by atoms with E-state index in [0.29, 0.717) is 11.1 Å². The molecule has 2 rings (SSSR count). The van der Waals surface area contributed by atoms with E-state index >= 15 is 0 Å². The Labute approximate surface area is 368 Å². The summed E-state index contributed by atoms with van der Waals surface area (Å²) in [6, 6.07) is 9.14. The molecule has 8 N–H and O–H groups in total. The summed E-state index contributed by atoms with van der Waals surface area (Å²) in [4.78, 5) is 31.3. The molecule has 0 bridgehead atoms. The van der Waals surface area contributed by atoms with Gasteiger partial charge in [0.15, 0.2) is 0 Å². The molecule has 0 heterocycles. The molecule has 0 saturated heterocycles. The first-order valence-electron chi connectivity index (χ1n) is 21.4. The van der Waals surface area contributed by atoms with Crippen molar-refractivity contribution in [3.05, 3.63) is 68.8 Å². The van der Waals surface area contributed by atoms with E-state index in [4.69, 9.17) is 19.6 Å². The summed E-state index contributed by atoms with van der Waals surface area (Å²) in [7, 11) is -5.22. The molecule has 0 fully saturated rings. The Hall–Kier alpha value is -1.06. The highest BCUT2D eigenvalue weighted by Gasteiger charge is 2.58. The van der Waals surface area contributed by atoms with Crippen molar-refractivity contribution < 1.29 is 44.3 Å². The third kappa shape index (κ3) is 14.0. The van der Waals surface area contributed by atoms with Gasteiger partial charge in [0.1, 0.15) is 5.60 Å². The van der Waals surface area contributed by atoms with Gasteiger partial charge in [-0.1, -0.05) is 177 Å². The third-order valence-electron chi connectivity index (χ3n) is 11.6. The summed E-state index contributed by atoms with van der Waals surface area (Å²) in [5, 5.41) is 49.2. The maximum atomic E-state index is 14.5. The molecule has 0 radical (unpaired) electrons. The summed E-state index contributed by atoms with van der Waals surface area (Å²) in [5.41, 5.74) is 1.80. The van der Waals surface area contributed by atoms with Gasteiger partial charge in [0.2, 0.25) is 0 Å². The molecule has 2 aromatic carbocycles. The van der Waals surface area contributed by atoms with Crippen molar-refractivity contribution in [3.63, 3.8) is 0 Å². The van der Waals surface area contributed by atoms with Crippen LogP contribution in [0.2, 0.25) is 0 Å². The maximum absolute atomic E-state index is 14.5. The molecule has 9 nitrogen and oxygen atoms in total. The van der Waals surface area contributed by atoms with Crippen molar-refractivity contribution in [1.29, 1.82) is 0 Å². The number of aliphatic hydroxyl groups is 4. The van der Waals surface area contributed by atoms with E-state index in [1.54, 1.807) is 0 Å². The van der Waals surface area contributed by atoms with Gasteiger partial charge in [-0.25, -0.2) is 4.31 Å². The minimum atomic E-state index is -2.61. The Bertz CT molecular complexity index is 1520. The van der Waals surface area contributed by atoms with Crippen LogP contribution in [0.4, 0.5) is 0 Å². The molecule has 0 spiro atoms. The predicted octanol–water partition coefficient (Wildman–Crippen LogP) is 10.9. The molecule has 0 saturated carbocycles. The topological polar surface area (TPSA) is 171 Å². The van der Waals surface area contributed by atoms with Crippen molar-refractivity contribution >= 4 is 17.2 Å². The monoisotopic (exact) mass is 883 g/mol. The molecule has 11 heteroatoms. The molecule has 0 aromatic heterocycles. The Morgan fingerprint density at radius 1 is 0.417 bits per heavy atom. The van der Waals surface area contributed by atoms with E-state index in [-0.39, 0.29) is 21.7 Å². The second-order valence-corrected chi connectivity index (χ2v) is 26.9. The van der Waals surface area contributed by atoms with Gasteiger partial charge in [0.25, 0.3) is 0 Å². The van der Waals surface area contributed by atoms with Gasteiger partial charge < -0.3 is 40.0 Å². The van der Waals surface area contributed by atoms with Gasteiger partial charge >= 0.3 is 17.2 Å². The van der Waals surface area contributed by atoms with Crippen LogP contribution in [-0.4, -0.2) is 59.8 Å². The lowest BCUT2D eigenvalue weighted by Crippen LogP contribution is -2.57. The lowest BCUT2D eigenvalue weighted by atomic mass is 9.55. The highest BCUT2D eigenvalue weighted by atomic mass is 31.2. The van der Waals surface area contributed by atoms with Gasteiger partial charge in [-0.3, -0.25) is 0 Å². The van der Waals surface area contributed by atoms with Crippen LogP contribution in [0.15, 0.2) is 24.3 Å². The molecular formula is C49H88O9P2. The van der Waals surface area contributed by atoms with Crippen molar-refractivity contribution in [2.75, 3.05) is 19.8 Å². The van der Waals surface area contributed by atoms with Crippen molar-refractivity contribution in [2.45, 2.75) is 203 Å². The molecule has 0 amide bonds. The predicted molar refractivity (Wildman–Crippen MR) is 252 cm³/mol. The lowest BCUT2D eigenvalue weighted by Gasteiger charge is -2.52. The zero-order valence-corrected chi connectivity index (χ0v) is 43.5. The summed E-state index contributed by atoms with van der Waals surface area (Å²) < 4.78 is 3.60. The van der Waals surface area contributed by atoms with Crippen LogP contribution in [0.1, 0.15) is 210 Å². The number of hydrogen-bond donors (Lipinski definition) is 8. The smallest absolute Gasteiger partial charge is 0.334 e. The number of aliphatic hydroxyl groups excluding tert-OH is 3. The largest absolute Gasteiger partial charge is 0.395 e. The van der Waals surface area contributed by atoms with E-state index in [1.807, 2.05) is 0 Å². The Kier molecular flexibility index (Phi) is 18.2. The summed E-state index contributed by atoms with van der Waals surface area (Å²) >= 11 is 0. The molecule has 0 aliphatic heterocycles. The van der Waals surface area contributed by atoms with Crippen molar-refractivity contribution in [2.24, 2.45) is 16.2 Å². The van der Waals surface area contributed by atoms with Gasteiger partial charge in [-0.15, -0.1) is 0 Å². The fourth-order valence-electron chi connectivity index (χ4n) is 9.28. The zero-order chi connectivity index (χ0) is 47.8. The SMILES string of the molecule is CC(C)(C)CC(C)(C)c1cc(C(C)(C)C)c(C(O)(c2c(C(C)(C)C)cc(C(C)(C)CC(C)(C)C)cc2C(C)(C)C)C(CO)(CO)CO)c(C(C)(C)C)c1.OP(O)OP(O)O. The first-order chi connectivity index (χ1) is 26.4. The molecule has 348 valence electrons. The first kappa shape index (κ1) is 57.0. The normalized spacial score (nSPS) is 14.5. The van der Waals surface area contributed by atoms with Crippen LogP contribution >= 0.6 is 17.2 Å². The summed E-state index contributed by atoms with van der Waals surface area (Å²) in [5.74, 6) is 0. The minimum absolute atomic E-state index is 0.0816. The van der Waals surface area contributed by atoms with Crippen LogP contribution in [0.5, 0.6) is 0 Å². The number of rotatable bonds is 12. The van der Waals surface area contributed by atoms with E-state index in [2.05, 4.69) is 181 Å². The standard InChI is InChI=1S/C49H84O4.H4O5P2/c1-40(2,3)27-46(19,20)32-23-34(42(7,8)9)38(35(24-32)43(10,11)12)49(53,48(29-50,30-51)31-52)39-36(44(13,14)15)25-33(26-37(39)45(16,17)18)47(21,22)28-41(4,5)6;1-6(2)5-7(3)4/h23-26,50-53H,27-31H2,1-22H3;1-4H. The Morgan fingerprint density at radius 2 is 0.633 bits per heavy atom. The highest BCUT2D eigenvalue weighted by Crippen LogP contribution is 2.57. The number of benzene rings is 2. The van der Waals surface area contributed by atoms with Crippen LogP contribution in [0.3, 0.4) is 0 Å². The molecular weight excluding hydrogens is 794 g/mol. The fourth-order valence-corrected chi connectivity index (χ4v) is 9.80. The lowest BCUT2D eigenvalue weighted by molar-refractivity contribution is -0.138. The van der Waals surface area contributed by atoms with Crippen LogP contribution < -0.4 is 0 Å². The van der Waals surface area contributed by atoms with Crippen LogP contribution in [0.25, 0.3) is 0 Å². The molecule has 0 aliphatic carbocycles. The Balaban J connectivity index is 0.00000235. The van der Waals surface area contributed by atoms with Gasteiger partial charge in [0, 0.05) is 0 Å². The van der Waals surface area contributed by atoms with Gasteiger partial charge in [-0.2, -0.15) is 0 Å². The van der Waals surface area contributed by atoms with E-state index in [0.717, 1.165) is 35.1 Å². The minimum Gasteiger partial charge on any atom is -0.395 e. The number of hydrogen-bond acceptors (Lipinski definition) is 9. The average Bonchev–Trinajstić information content (AvgIpc) is 3.00. The summed E-state index contributed by atoms with van der Waals surface area (Å²) in [6.45, 7) is 47.3. The molecule has 60 heavy (non-hydrogen) atoms.